The molecule has 0 saturated carbocycles. The number of nitrogens with two attached hydrogens (primary N) is 2. The number of methoxy groups -OCH3 is 2. The molecule has 0 heterocycles. The fourth-order valence-electron chi connectivity index (χ4n) is 4.52. The van der Waals surface area contributed by atoms with Gasteiger partial charge in [0.05, 0.1) is 19.8 Å². The molecule has 0 unspecified atom stereocenters. The zero-order valence-electron chi connectivity index (χ0n) is 24.8. The highest BCUT2D eigenvalue weighted by Crippen LogP contribution is 2.31. The number of aliphatic hydroxyl groups excluding tert-OH is 1. The zero-order chi connectivity index (χ0) is 28.8. The van der Waals surface area contributed by atoms with Gasteiger partial charge in [-0.05, 0) is 61.1 Å². The number of primary amides is 1. The first-order valence-corrected chi connectivity index (χ1v) is 13.8. The summed E-state index contributed by atoms with van der Waals surface area (Å²) in [6, 6.07) is 4.72. The second kappa shape index (κ2) is 19.1. The van der Waals surface area contributed by atoms with Gasteiger partial charge in [0.25, 0.3) is 0 Å². The lowest BCUT2D eigenvalue weighted by molar-refractivity contribution is -0.132. The summed E-state index contributed by atoms with van der Waals surface area (Å²) in [5.41, 5.74) is 13.0. The van der Waals surface area contributed by atoms with Gasteiger partial charge in [-0.3, -0.25) is 9.59 Å². The molecule has 0 radical (unpaired) electrons. The number of hydrogen-bond acceptors (Lipinski definition) is 7. The van der Waals surface area contributed by atoms with E-state index in [-0.39, 0.29) is 36.6 Å². The van der Waals surface area contributed by atoms with Crippen LogP contribution in [0.15, 0.2) is 18.2 Å². The molecule has 0 aliphatic carbocycles. The summed E-state index contributed by atoms with van der Waals surface area (Å²) in [7, 11) is 3.29. The van der Waals surface area contributed by atoms with Crippen LogP contribution in [-0.4, -0.2) is 62.5 Å². The molecule has 226 valence electrons. The van der Waals surface area contributed by atoms with Gasteiger partial charge in [-0.1, -0.05) is 40.7 Å². The molecule has 0 saturated heterocycles. The lowest BCUT2D eigenvalue weighted by Crippen LogP contribution is -2.48. The smallest absolute Gasteiger partial charge is 0.239 e. The van der Waals surface area contributed by atoms with Gasteiger partial charge in [0.1, 0.15) is 6.04 Å². The highest BCUT2D eigenvalue weighted by Gasteiger charge is 2.31. The van der Waals surface area contributed by atoms with Crippen LogP contribution in [-0.2, 0) is 20.7 Å². The third-order valence-corrected chi connectivity index (χ3v) is 7.19. The average Bonchev–Trinajstić information content (AvgIpc) is 2.87. The van der Waals surface area contributed by atoms with Crippen molar-refractivity contribution in [2.45, 2.75) is 84.9 Å². The Labute approximate surface area is 241 Å². The lowest BCUT2D eigenvalue weighted by Gasteiger charge is -2.30. The molecule has 9 nitrogen and oxygen atoms in total. The van der Waals surface area contributed by atoms with Gasteiger partial charge >= 0.3 is 0 Å². The summed E-state index contributed by atoms with van der Waals surface area (Å²) in [5.74, 6) is 0.535. The van der Waals surface area contributed by atoms with Crippen LogP contribution in [0.1, 0.15) is 65.9 Å². The normalized spacial score (nSPS) is 15.2. The Kier molecular flexibility index (Phi) is 18.1. The summed E-state index contributed by atoms with van der Waals surface area (Å²) >= 11 is 0. The molecule has 1 rings (SSSR count). The number of hydrogen-bond donors (Lipinski definition) is 4. The van der Waals surface area contributed by atoms with Gasteiger partial charge < -0.3 is 36.1 Å². The first-order chi connectivity index (χ1) is 17.9. The second-order valence-electron chi connectivity index (χ2n) is 10.8. The third kappa shape index (κ3) is 12.8. The van der Waals surface area contributed by atoms with Crippen molar-refractivity contribution in [1.29, 1.82) is 0 Å². The van der Waals surface area contributed by atoms with Gasteiger partial charge in [0, 0.05) is 32.1 Å². The molecule has 10 heteroatoms. The molecule has 0 aliphatic rings. The Bertz CT molecular complexity index is 854. The average molecular weight is 574 g/mol. The molecule has 1 aromatic rings. The van der Waals surface area contributed by atoms with Crippen molar-refractivity contribution in [3.05, 3.63) is 23.8 Å². The number of aliphatic hydroxyl groups is 1. The third-order valence-electron chi connectivity index (χ3n) is 7.19. The Balaban J connectivity index is 0.0000144. The highest BCUT2D eigenvalue weighted by atomic mass is 35.5. The molecule has 0 fully saturated rings. The Morgan fingerprint density at radius 2 is 1.69 bits per heavy atom. The molecule has 2 amide bonds. The van der Waals surface area contributed by atoms with Crippen LogP contribution in [0.5, 0.6) is 11.5 Å². The van der Waals surface area contributed by atoms with Crippen LogP contribution in [0, 0.1) is 23.7 Å². The first kappa shape index (κ1) is 36.9. The molecule has 39 heavy (non-hydrogen) atoms. The van der Waals surface area contributed by atoms with Gasteiger partial charge in [-0.2, -0.15) is 0 Å². The number of nitrogens with one attached hydrogen (secondary N) is 1. The maximum Gasteiger partial charge on any atom is 0.239 e. The molecular weight excluding hydrogens is 522 g/mol. The van der Waals surface area contributed by atoms with Crippen molar-refractivity contribution in [2.75, 3.05) is 27.4 Å². The van der Waals surface area contributed by atoms with E-state index in [1.165, 1.54) is 0 Å². The van der Waals surface area contributed by atoms with Crippen molar-refractivity contribution in [2.24, 2.45) is 35.1 Å². The summed E-state index contributed by atoms with van der Waals surface area (Å²) < 4.78 is 16.5. The Morgan fingerprint density at radius 3 is 2.21 bits per heavy atom. The molecule has 0 aromatic heterocycles. The van der Waals surface area contributed by atoms with Crippen molar-refractivity contribution >= 4 is 24.2 Å². The molecule has 0 bridgehead atoms. The highest BCUT2D eigenvalue weighted by molar-refractivity contribution is 5.87. The van der Waals surface area contributed by atoms with Gasteiger partial charge in [0.2, 0.25) is 11.8 Å². The maximum absolute atomic E-state index is 12.9. The number of carbonyl (C=O) groups is 2. The van der Waals surface area contributed by atoms with E-state index in [1.807, 2.05) is 32.0 Å². The molecular formula is C29H52ClN3O6. The number of benzene rings is 1. The maximum atomic E-state index is 12.9. The van der Waals surface area contributed by atoms with Crippen molar-refractivity contribution in [1.82, 2.24) is 5.32 Å². The summed E-state index contributed by atoms with van der Waals surface area (Å²) in [4.78, 5) is 24.5. The predicted molar refractivity (Wildman–Crippen MR) is 157 cm³/mol. The van der Waals surface area contributed by atoms with Crippen LogP contribution >= 0.6 is 12.4 Å². The van der Waals surface area contributed by atoms with E-state index in [9.17, 15) is 14.7 Å². The van der Waals surface area contributed by atoms with E-state index in [2.05, 4.69) is 19.2 Å². The summed E-state index contributed by atoms with van der Waals surface area (Å²) in [5, 5.41) is 13.7. The van der Waals surface area contributed by atoms with E-state index in [1.54, 1.807) is 21.1 Å². The van der Waals surface area contributed by atoms with Gasteiger partial charge in [-0.25, -0.2) is 0 Å². The predicted octanol–water partition coefficient (Wildman–Crippen LogP) is 3.47. The largest absolute Gasteiger partial charge is 0.493 e. The first-order valence-electron chi connectivity index (χ1n) is 13.8. The zero-order valence-corrected chi connectivity index (χ0v) is 25.6. The van der Waals surface area contributed by atoms with Crippen LogP contribution in [0.2, 0.25) is 0 Å². The fourth-order valence-corrected chi connectivity index (χ4v) is 4.52. The lowest BCUT2D eigenvalue weighted by atomic mass is 9.80. The summed E-state index contributed by atoms with van der Waals surface area (Å²) in [6.07, 6.45) is 1.91. The number of halogens is 1. The minimum absolute atomic E-state index is 0. The van der Waals surface area contributed by atoms with E-state index < -0.39 is 30.0 Å². The van der Waals surface area contributed by atoms with Gasteiger partial charge in [-0.15, -0.1) is 12.4 Å². The topological polar surface area (TPSA) is 146 Å². The van der Waals surface area contributed by atoms with Crippen molar-refractivity contribution in [3.63, 3.8) is 0 Å². The quantitative estimate of drug-likeness (QED) is 0.185. The number of rotatable bonds is 19. The van der Waals surface area contributed by atoms with Crippen molar-refractivity contribution in [3.8, 4) is 11.5 Å². The Morgan fingerprint density at radius 1 is 1.03 bits per heavy atom. The SMILES string of the molecule is CC[C@H](NC(=O)[C@@H](C[C@H](O)[C@@H](N)C[C@H](Cc1ccc(OC)c(OCCCOC)c1)C(C)C)C(C)C)C(N)=O.Cl. The van der Waals surface area contributed by atoms with Crippen LogP contribution in [0.4, 0.5) is 0 Å². The fraction of sp³-hybridized carbons (Fsp3) is 0.724. The minimum Gasteiger partial charge on any atom is -0.493 e. The van der Waals surface area contributed by atoms with E-state index in [4.69, 9.17) is 25.7 Å². The van der Waals surface area contributed by atoms with Gasteiger partial charge in [0.15, 0.2) is 11.5 Å². The number of ether oxygens (including phenoxy) is 3. The van der Waals surface area contributed by atoms with E-state index in [0.717, 1.165) is 18.4 Å². The monoisotopic (exact) mass is 573 g/mol. The number of carbonyl (C=O) groups excluding carboxylic acids is 2. The van der Waals surface area contributed by atoms with Crippen LogP contribution in [0.25, 0.3) is 0 Å². The molecule has 0 aliphatic heterocycles. The molecule has 0 spiro atoms. The van der Waals surface area contributed by atoms with Crippen LogP contribution in [0.3, 0.4) is 0 Å². The molecule has 1 aromatic carbocycles. The Hall–Kier alpha value is -2.07. The van der Waals surface area contributed by atoms with E-state index in [0.29, 0.717) is 43.5 Å². The summed E-state index contributed by atoms with van der Waals surface area (Å²) in [6.45, 7) is 11.1. The molecule has 5 atom stereocenters. The minimum atomic E-state index is -0.862. The molecule has 6 N–H and O–H groups in total. The number of amides is 2. The van der Waals surface area contributed by atoms with Crippen LogP contribution < -0.4 is 26.3 Å². The second-order valence-corrected chi connectivity index (χ2v) is 10.8. The standard InChI is InChI=1S/C29H51N3O6.ClH/c1-8-24(28(31)34)32-29(35)22(19(4)5)17-25(33)23(30)16-21(18(2)3)14-20-10-11-26(37-7)27(15-20)38-13-9-12-36-6;/h10-11,15,18-19,21-25,33H,8-9,12-14,16-17,30H2,1-7H3,(H2,31,34)(H,32,35);1H/t21-,22-,23-,24-,25-;/m0./s1. The van der Waals surface area contributed by atoms with E-state index >= 15 is 0 Å². The van der Waals surface area contributed by atoms with Crippen molar-refractivity contribution < 1.29 is 28.9 Å².